The molecule has 2 N–H and O–H groups in total. The Morgan fingerprint density at radius 3 is 2.55 bits per heavy atom. The van der Waals surface area contributed by atoms with Gasteiger partial charge in [0.1, 0.15) is 5.82 Å². The van der Waals surface area contributed by atoms with Crippen molar-refractivity contribution in [1.82, 2.24) is 4.90 Å². The molecule has 1 saturated carbocycles. The highest BCUT2D eigenvalue weighted by Gasteiger charge is 2.27. The van der Waals surface area contributed by atoms with Gasteiger partial charge in [0.25, 0.3) is 0 Å². The van der Waals surface area contributed by atoms with Gasteiger partial charge in [-0.15, -0.1) is 12.4 Å². The molecular weight excluding hydrogens is 303 g/mol. The summed E-state index contributed by atoms with van der Waals surface area (Å²) in [6.45, 7) is 3.35. The van der Waals surface area contributed by atoms with E-state index >= 15 is 0 Å². The topological polar surface area (TPSA) is 46.3 Å². The van der Waals surface area contributed by atoms with Gasteiger partial charge in [0, 0.05) is 25.6 Å². The Bertz CT molecular complexity index is 466. The summed E-state index contributed by atoms with van der Waals surface area (Å²) >= 11 is 0. The van der Waals surface area contributed by atoms with Gasteiger partial charge in [-0.2, -0.15) is 0 Å². The number of nitrogens with zero attached hydrogens (tertiary/aromatic N) is 1. The zero-order valence-corrected chi connectivity index (χ0v) is 13.9. The molecule has 0 aromatic heterocycles. The summed E-state index contributed by atoms with van der Waals surface area (Å²) in [7, 11) is 0. The van der Waals surface area contributed by atoms with E-state index in [4.69, 9.17) is 5.73 Å². The van der Waals surface area contributed by atoms with Crippen molar-refractivity contribution in [3.8, 4) is 0 Å². The van der Waals surface area contributed by atoms with Gasteiger partial charge >= 0.3 is 0 Å². The summed E-state index contributed by atoms with van der Waals surface area (Å²) in [5.74, 6) is 0.248. The largest absolute Gasteiger partial charge is 0.338 e. The molecule has 0 heterocycles. The molecule has 0 unspecified atom stereocenters. The summed E-state index contributed by atoms with van der Waals surface area (Å²) in [5.41, 5.74) is 7.02. The van der Waals surface area contributed by atoms with Crippen LogP contribution in [0.1, 0.15) is 44.6 Å². The second kappa shape index (κ2) is 9.11. The van der Waals surface area contributed by atoms with Gasteiger partial charge < -0.3 is 10.6 Å². The third kappa shape index (κ3) is 5.25. The number of benzene rings is 1. The average molecular weight is 329 g/mol. The minimum absolute atomic E-state index is 0. The number of nitrogens with two attached hydrogens (primary N) is 1. The van der Waals surface area contributed by atoms with Gasteiger partial charge in [-0.25, -0.2) is 4.39 Å². The zero-order valence-electron chi connectivity index (χ0n) is 13.1. The van der Waals surface area contributed by atoms with Crippen LogP contribution in [0.25, 0.3) is 0 Å². The van der Waals surface area contributed by atoms with E-state index in [0.29, 0.717) is 18.9 Å². The first-order valence-electron chi connectivity index (χ1n) is 7.88. The lowest BCUT2D eigenvalue weighted by molar-refractivity contribution is -0.133. The average Bonchev–Trinajstić information content (AvgIpc) is 2.86. The van der Waals surface area contributed by atoms with Gasteiger partial charge in [-0.3, -0.25) is 4.79 Å². The normalized spacial score (nSPS) is 20.5. The molecule has 0 radical (unpaired) electrons. The lowest BCUT2D eigenvalue weighted by Gasteiger charge is -2.25. The van der Waals surface area contributed by atoms with Crippen molar-refractivity contribution in [3.63, 3.8) is 0 Å². The fourth-order valence-electron chi connectivity index (χ4n) is 3.04. The minimum Gasteiger partial charge on any atom is -0.338 e. The fraction of sp³-hybridized carbons (Fsp3) is 0.588. The van der Waals surface area contributed by atoms with Crippen LogP contribution in [0.2, 0.25) is 0 Å². The quantitative estimate of drug-likeness (QED) is 0.868. The van der Waals surface area contributed by atoms with Crippen LogP contribution < -0.4 is 5.73 Å². The highest BCUT2D eigenvalue weighted by molar-refractivity contribution is 5.85. The number of halogens is 2. The van der Waals surface area contributed by atoms with E-state index in [2.05, 4.69) is 6.92 Å². The lowest BCUT2D eigenvalue weighted by atomic mass is 9.99. The molecule has 3 nitrogen and oxygen atoms in total. The van der Waals surface area contributed by atoms with Gasteiger partial charge in [0.05, 0.1) is 0 Å². The summed E-state index contributed by atoms with van der Waals surface area (Å²) in [6.07, 6.45) is 4.68. The third-order valence-corrected chi connectivity index (χ3v) is 4.29. The zero-order chi connectivity index (χ0) is 15.2. The number of carbonyl (C=O) groups is 1. The predicted molar refractivity (Wildman–Crippen MR) is 89.3 cm³/mol. The van der Waals surface area contributed by atoms with E-state index in [0.717, 1.165) is 37.8 Å². The molecule has 22 heavy (non-hydrogen) atoms. The predicted octanol–water partition coefficient (Wildman–Crippen LogP) is 3.50. The van der Waals surface area contributed by atoms with Gasteiger partial charge in [0.15, 0.2) is 0 Å². The summed E-state index contributed by atoms with van der Waals surface area (Å²) in [5, 5.41) is 0. The molecule has 5 heteroatoms. The highest BCUT2D eigenvalue weighted by atomic mass is 35.5. The minimum atomic E-state index is -0.246. The van der Waals surface area contributed by atoms with Crippen LogP contribution in [0.5, 0.6) is 0 Å². The van der Waals surface area contributed by atoms with E-state index in [1.807, 2.05) is 4.90 Å². The van der Waals surface area contributed by atoms with E-state index in [1.165, 1.54) is 12.1 Å². The Hall–Kier alpha value is -1.13. The molecule has 1 aliphatic carbocycles. The first kappa shape index (κ1) is 18.9. The monoisotopic (exact) mass is 328 g/mol. The van der Waals surface area contributed by atoms with Crippen molar-refractivity contribution >= 4 is 18.3 Å². The van der Waals surface area contributed by atoms with Crippen LogP contribution in [0.4, 0.5) is 4.39 Å². The Kier molecular flexibility index (Phi) is 7.83. The molecule has 2 rings (SSSR count). The van der Waals surface area contributed by atoms with Crippen molar-refractivity contribution < 1.29 is 9.18 Å². The van der Waals surface area contributed by atoms with Crippen LogP contribution in [0.15, 0.2) is 24.3 Å². The number of carbonyl (C=O) groups excluding carboxylic acids is 1. The smallest absolute Gasteiger partial charge is 0.223 e. The standard InChI is InChI=1S/C17H25FN2O.ClH/c1-2-10-20(12-13-6-8-15(18)9-7-13)17(21)11-14-4-3-5-16(14)19;/h6-9,14,16H,2-5,10-12,19H2,1H3;1H/t14-,16+;/m0./s1. The Balaban J connectivity index is 0.00000242. The maximum absolute atomic E-state index is 12.9. The third-order valence-electron chi connectivity index (χ3n) is 4.29. The Labute approximate surface area is 138 Å². The summed E-state index contributed by atoms with van der Waals surface area (Å²) in [4.78, 5) is 14.4. The van der Waals surface area contributed by atoms with Crippen molar-refractivity contribution in [2.75, 3.05) is 6.54 Å². The molecule has 1 aliphatic rings. The van der Waals surface area contributed by atoms with Gasteiger partial charge in [-0.1, -0.05) is 25.5 Å². The van der Waals surface area contributed by atoms with Gasteiger partial charge in [-0.05, 0) is 42.9 Å². The Morgan fingerprint density at radius 1 is 1.32 bits per heavy atom. The second-order valence-corrected chi connectivity index (χ2v) is 6.00. The second-order valence-electron chi connectivity index (χ2n) is 6.00. The number of rotatable bonds is 6. The Morgan fingerprint density at radius 2 is 2.00 bits per heavy atom. The van der Waals surface area contributed by atoms with Gasteiger partial charge in [0.2, 0.25) is 5.91 Å². The lowest BCUT2D eigenvalue weighted by Crippen LogP contribution is -2.35. The van der Waals surface area contributed by atoms with E-state index in [9.17, 15) is 9.18 Å². The van der Waals surface area contributed by atoms with Crippen molar-refractivity contribution in [2.45, 2.75) is 51.6 Å². The molecular formula is C17H26ClFN2O. The van der Waals surface area contributed by atoms with E-state index in [-0.39, 0.29) is 30.2 Å². The molecule has 0 saturated heterocycles. The maximum Gasteiger partial charge on any atom is 0.223 e. The maximum atomic E-state index is 12.9. The first-order chi connectivity index (χ1) is 10.1. The molecule has 0 spiro atoms. The fourth-order valence-corrected chi connectivity index (χ4v) is 3.04. The molecule has 124 valence electrons. The van der Waals surface area contributed by atoms with Crippen molar-refractivity contribution in [1.29, 1.82) is 0 Å². The molecule has 1 fully saturated rings. The molecule has 0 bridgehead atoms. The SMILES string of the molecule is CCCN(Cc1ccc(F)cc1)C(=O)C[C@@H]1CCC[C@H]1N.Cl. The molecule has 1 aromatic rings. The van der Waals surface area contributed by atoms with Crippen LogP contribution in [-0.2, 0) is 11.3 Å². The molecule has 1 amide bonds. The first-order valence-corrected chi connectivity index (χ1v) is 7.88. The van der Waals surface area contributed by atoms with Crippen molar-refractivity contribution in [3.05, 3.63) is 35.6 Å². The van der Waals surface area contributed by atoms with E-state index in [1.54, 1.807) is 12.1 Å². The van der Waals surface area contributed by atoms with E-state index < -0.39 is 0 Å². The number of hydrogen-bond acceptors (Lipinski definition) is 2. The van der Waals surface area contributed by atoms with Crippen molar-refractivity contribution in [2.24, 2.45) is 11.7 Å². The van der Waals surface area contributed by atoms with Crippen LogP contribution >= 0.6 is 12.4 Å². The summed E-state index contributed by atoms with van der Waals surface area (Å²) in [6, 6.07) is 6.54. The molecule has 1 aromatic carbocycles. The van der Waals surface area contributed by atoms with Crippen LogP contribution in [-0.4, -0.2) is 23.4 Å². The summed E-state index contributed by atoms with van der Waals surface area (Å²) < 4.78 is 12.9. The number of amides is 1. The van der Waals surface area contributed by atoms with Crippen LogP contribution in [0.3, 0.4) is 0 Å². The molecule has 0 aliphatic heterocycles. The number of hydrogen-bond donors (Lipinski definition) is 1. The highest BCUT2D eigenvalue weighted by Crippen LogP contribution is 2.27. The molecule has 2 atom stereocenters. The van der Waals surface area contributed by atoms with Crippen LogP contribution in [0, 0.1) is 11.7 Å².